The second kappa shape index (κ2) is 7.92. The van der Waals surface area contributed by atoms with Crippen LogP contribution < -0.4 is 0 Å². The van der Waals surface area contributed by atoms with Gasteiger partial charge in [0.15, 0.2) is 0 Å². The minimum Gasteiger partial charge on any atom is -0.253 e. The molecule has 118 valence electrons. The molecule has 0 bridgehead atoms. The third-order valence-electron chi connectivity index (χ3n) is 4.66. The van der Waals surface area contributed by atoms with Crippen LogP contribution in [0.2, 0.25) is 0 Å². The van der Waals surface area contributed by atoms with Crippen LogP contribution >= 0.6 is 0 Å². The van der Waals surface area contributed by atoms with Crippen LogP contribution in [0.3, 0.4) is 0 Å². The maximum atomic E-state index is 8.56. The molecule has 2 nitrogen and oxygen atoms in total. The lowest BCUT2D eigenvalue weighted by Crippen LogP contribution is -2.08. The van der Waals surface area contributed by atoms with Crippen LogP contribution in [-0.4, -0.2) is 4.98 Å². The minimum atomic E-state index is 0.687. The molecule has 0 spiro atoms. The first-order valence-electron chi connectivity index (χ1n) is 8.84. The molecule has 1 aliphatic rings. The number of hydrogen-bond acceptors (Lipinski definition) is 2. The summed E-state index contributed by atoms with van der Waals surface area (Å²) in [5.74, 6) is 0. The molecule has 2 heteroatoms. The Balaban J connectivity index is 1.80. The van der Waals surface area contributed by atoms with E-state index in [0.717, 1.165) is 37.6 Å². The number of nitrogens with zero attached hydrogens (tertiary/aromatic N) is 2. The van der Waals surface area contributed by atoms with Gasteiger partial charge in [0.05, 0.1) is 11.6 Å². The van der Waals surface area contributed by atoms with Crippen molar-refractivity contribution in [2.75, 3.05) is 0 Å². The summed E-state index contributed by atoms with van der Waals surface area (Å²) in [4.78, 5) is 4.89. The van der Waals surface area contributed by atoms with Gasteiger partial charge in [-0.3, -0.25) is 4.98 Å². The first kappa shape index (κ1) is 15.7. The van der Waals surface area contributed by atoms with Crippen molar-refractivity contribution in [2.45, 2.75) is 57.8 Å². The Kier molecular flexibility index (Phi) is 5.42. The molecular weight excluding hydrogens is 280 g/mol. The Hall–Kier alpha value is -2.14. The number of benzene rings is 1. The average molecular weight is 304 g/mol. The van der Waals surface area contributed by atoms with Gasteiger partial charge >= 0.3 is 0 Å². The molecule has 1 aromatic carbocycles. The Morgan fingerprint density at radius 3 is 2.87 bits per heavy atom. The van der Waals surface area contributed by atoms with Crippen molar-refractivity contribution >= 4 is 17.0 Å². The number of hydrogen-bond donors (Lipinski definition) is 0. The summed E-state index contributed by atoms with van der Waals surface area (Å²) in [5, 5.41) is 9.85. The number of fused-ring (bicyclic) bond motifs is 2. The van der Waals surface area contributed by atoms with Gasteiger partial charge in [0.2, 0.25) is 0 Å². The summed E-state index contributed by atoms with van der Waals surface area (Å²) in [6.45, 7) is 0. The summed E-state index contributed by atoms with van der Waals surface area (Å²) in [7, 11) is 0. The summed E-state index contributed by atoms with van der Waals surface area (Å²) in [6.07, 6.45) is 14.6. The Labute approximate surface area is 138 Å². The van der Waals surface area contributed by atoms with Crippen LogP contribution in [0.25, 0.3) is 17.0 Å². The van der Waals surface area contributed by atoms with E-state index in [4.69, 9.17) is 10.2 Å². The normalized spacial score (nSPS) is 14.0. The van der Waals surface area contributed by atoms with Crippen molar-refractivity contribution in [1.82, 2.24) is 4.98 Å². The topological polar surface area (TPSA) is 36.7 Å². The number of para-hydroxylation sites is 1. The number of aromatic nitrogens is 1. The standard InChI is InChI=1S/C21H24N2/c22-16-10-4-2-1-3-5-11-17-18-12-6-8-14-20(18)23-21-15-9-7-13-19(17)21/h5-6,8,11-12,14H,1-4,7,9-10,13,15H2/b11-5-. The number of nitriles is 1. The highest BCUT2D eigenvalue weighted by Crippen LogP contribution is 2.30. The summed E-state index contributed by atoms with van der Waals surface area (Å²) in [5.41, 5.74) is 5.29. The molecule has 3 rings (SSSR count). The monoisotopic (exact) mass is 304 g/mol. The van der Waals surface area contributed by atoms with Gasteiger partial charge in [-0.05, 0) is 62.1 Å². The number of pyridine rings is 1. The van der Waals surface area contributed by atoms with E-state index in [-0.39, 0.29) is 0 Å². The molecule has 0 radical (unpaired) electrons. The Morgan fingerprint density at radius 2 is 1.96 bits per heavy atom. The van der Waals surface area contributed by atoms with Crippen LogP contribution in [0.15, 0.2) is 30.3 Å². The fraction of sp³-hybridized carbons (Fsp3) is 0.429. The van der Waals surface area contributed by atoms with Gasteiger partial charge in [-0.1, -0.05) is 36.8 Å². The zero-order chi connectivity index (χ0) is 15.9. The van der Waals surface area contributed by atoms with Gasteiger partial charge in [0.1, 0.15) is 0 Å². The van der Waals surface area contributed by atoms with Crippen molar-refractivity contribution in [3.63, 3.8) is 0 Å². The molecule has 2 aromatic rings. The lowest BCUT2D eigenvalue weighted by atomic mass is 9.89. The van der Waals surface area contributed by atoms with E-state index in [1.807, 2.05) is 0 Å². The number of rotatable bonds is 6. The second-order valence-corrected chi connectivity index (χ2v) is 6.33. The first-order chi connectivity index (χ1) is 11.4. The summed E-state index contributed by atoms with van der Waals surface area (Å²) < 4.78 is 0. The maximum Gasteiger partial charge on any atom is 0.0711 e. The van der Waals surface area contributed by atoms with E-state index >= 15 is 0 Å². The Morgan fingerprint density at radius 1 is 1.09 bits per heavy atom. The summed E-state index contributed by atoms with van der Waals surface area (Å²) in [6, 6.07) is 10.7. The first-order valence-corrected chi connectivity index (χ1v) is 8.84. The zero-order valence-electron chi connectivity index (χ0n) is 13.7. The van der Waals surface area contributed by atoms with Crippen LogP contribution in [0, 0.1) is 11.3 Å². The molecular formula is C21H24N2. The van der Waals surface area contributed by atoms with E-state index in [1.165, 1.54) is 41.5 Å². The molecule has 1 aromatic heterocycles. The molecule has 0 saturated carbocycles. The Bertz CT molecular complexity index is 737. The van der Waals surface area contributed by atoms with Gasteiger partial charge in [-0.2, -0.15) is 5.26 Å². The fourth-order valence-corrected chi connectivity index (χ4v) is 3.44. The van der Waals surface area contributed by atoms with Crippen molar-refractivity contribution in [3.05, 3.63) is 47.2 Å². The molecule has 0 fully saturated rings. The number of aryl methyl sites for hydroxylation is 1. The fourth-order valence-electron chi connectivity index (χ4n) is 3.44. The smallest absolute Gasteiger partial charge is 0.0711 e. The highest BCUT2D eigenvalue weighted by atomic mass is 14.7. The molecule has 0 saturated heterocycles. The molecule has 0 aliphatic heterocycles. The lowest BCUT2D eigenvalue weighted by molar-refractivity contribution is 0.670. The number of allylic oxidation sites excluding steroid dienone is 1. The van der Waals surface area contributed by atoms with Crippen LogP contribution in [-0.2, 0) is 12.8 Å². The van der Waals surface area contributed by atoms with Crippen molar-refractivity contribution in [1.29, 1.82) is 5.26 Å². The third kappa shape index (κ3) is 3.79. The minimum absolute atomic E-state index is 0.687. The lowest BCUT2D eigenvalue weighted by Gasteiger charge is -2.19. The van der Waals surface area contributed by atoms with E-state index in [1.54, 1.807) is 0 Å². The third-order valence-corrected chi connectivity index (χ3v) is 4.66. The predicted molar refractivity (Wildman–Crippen MR) is 96.1 cm³/mol. The SMILES string of the molecule is N#CCCCCC/C=C\c1c2c(nc3ccccc13)CCCC2. The van der Waals surface area contributed by atoms with Crippen molar-refractivity contribution < 1.29 is 0 Å². The van der Waals surface area contributed by atoms with Gasteiger partial charge < -0.3 is 0 Å². The second-order valence-electron chi connectivity index (χ2n) is 6.33. The molecule has 23 heavy (non-hydrogen) atoms. The zero-order valence-corrected chi connectivity index (χ0v) is 13.7. The molecule has 0 unspecified atom stereocenters. The van der Waals surface area contributed by atoms with Crippen LogP contribution in [0.4, 0.5) is 0 Å². The number of unbranched alkanes of at least 4 members (excludes halogenated alkanes) is 4. The summed E-state index contributed by atoms with van der Waals surface area (Å²) >= 11 is 0. The van der Waals surface area contributed by atoms with E-state index in [0.29, 0.717) is 6.42 Å². The van der Waals surface area contributed by atoms with E-state index in [9.17, 15) is 0 Å². The molecule has 0 amide bonds. The molecule has 0 N–H and O–H groups in total. The average Bonchev–Trinajstić information content (AvgIpc) is 2.60. The van der Waals surface area contributed by atoms with Gasteiger partial charge in [0, 0.05) is 17.5 Å². The highest BCUT2D eigenvalue weighted by Gasteiger charge is 2.16. The van der Waals surface area contributed by atoms with Gasteiger partial charge in [-0.15, -0.1) is 0 Å². The van der Waals surface area contributed by atoms with Crippen molar-refractivity contribution in [2.24, 2.45) is 0 Å². The molecule has 0 atom stereocenters. The quantitative estimate of drug-likeness (QED) is 0.651. The van der Waals surface area contributed by atoms with Gasteiger partial charge in [-0.25, -0.2) is 0 Å². The maximum absolute atomic E-state index is 8.56. The predicted octanol–water partition coefficient (Wildman–Crippen LogP) is 5.60. The highest BCUT2D eigenvalue weighted by molar-refractivity contribution is 5.89. The van der Waals surface area contributed by atoms with Crippen LogP contribution in [0.1, 0.15) is 61.8 Å². The van der Waals surface area contributed by atoms with E-state index < -0.39 is 0 Å². The van der Waals surface area contributed by atoms with Crippen molar-refractivity contribution in [3.8, 4) is 6.07 Å². The van der Waals surface area contributed by atoms with E-state index in [2.05, 4.69) is 42.5 Å². The van der Waals surface area contributed by atoms with Gasteiger partial charge in [0.25, 0.3) is 0 Å². The molecule has 1 aliphatic carbocycles. The molecule has 1 heterocycles. The van der Waals surface area contributed by atoms with Crippen LogP contribution in [0.5, 0.6) is 0 Å². The largest absolute Gasteiger partial charge is 0.253 e.